The second-order valence-electron chi connectivity index (χ2n) is 4.73. The maximum Gasteiger partial charge on any atom is 0.251 e. The third-order valence-corrected chi connectivity index (χ3v) is 2.98. The topological polar surface area (TPSA) is 79.5 Å². The molecule has 0 saturated carbocycles. The number of halogens is 1. The first kappa shape index (κ1) is 19.0. The molecule has 6 heteroatoms. The highest BCUT2D eigenvalue weighted by molar-refractivity contribution is 14.0. The van der Waals surface area contributed by atoms with Crippen LogP contribution in [0.1, 0.15) is 16.8 Å². The summed E-state index contributed by atoms with van der Waals surface area (Å²) in [7, 11) is 0. The molecule has 5 nitrogen and oxygen atoms in total. The van der Waals surface area contributed by atoms with E-state index in [1.807, 2.05) is 48.5 Å². The molecule has 1 amide bonds. The standard InChI is InChI=1S/C17H20N4O.HI/c18-17(21-15-10-5-2-6-11-15)20-13-7-12-19-16(22)14-8-3-1-4-9-14;/h1-6,8-11H,7,12-13H2,(H,19,22)(H3,18,20,21);1H. The van der Waals surface area contributed by atoms with Crippen molar-refractivity contribution in [3.63, 3.8) is 0 Å². The van der Waals surface area contributed by atoms with Crippen molar-refractivity contribution in [1.29, 1.82) is 0 Å². The molecule has 23 heavy (non-hydrogen) atoms. The first-order chi connectivity index (χ1) is 10.8. The number of nitrogens with one attached hydrogen (secondary N) is 2. The second-order valence-corrected chi connectivity index (χ2v) is 4.73. The lowest BCUT2D eigenvalue weighted by molar-refractivity contribution is 0.0953. The van der Waals surface area contributed by atoms with Crippen LogP contribution in [0.3, 0.4) is 0 Å². The predicted octanol–water partition coefficient (Wildman–Crippen LogP) is 2.85. The molecular formula is C17H21IN4O. The van der Waals surface area contributed by atoms with Crippen LogP contribution in [0.15, 0.2) is 65.7 Å². The van der Waals surface area contributed by atoms with E-state index in [4.69, 9.17) is 5.73 Å². The molecule has 0 aromatic heterocycles. The summed E-state index contributed by atoms with van der Waals surface area (Å²) in [5, 5.41) is 5.86. The first-order valence-corrected chi connectivity index (χ1v) is 7.21. The highest BCUT2D eigenvalue weighted by atomic mass is 127. The number of nitrogens with zero attached hydrogens (tertiary/aromatic N) is 1. The molecule has 0 saturated heterocycles. The molecule has 4 N–H and O–H groups in total. The molecule has 2 rings (SSSR count). The fraction of sp³-hybridized carbons (Fsp3) is 0.176. The van der Waals surface area contributed by atoms with Gasteiger partial charge in [0.2, 0.25) is 0 Å². The van der Waals surface area contributed by atoms with Crippen LogP contribution < -0.4 is 16.4 Å². The van der Waals surface area contributed by atoms with Gasteiger partial charge in [-0.3, -0.25) is 9.79 Å². The number of aliphatic imine (C=N–C) groups is 1. The lowest BCUT2D eigenvalue weighted by Gasteiger charge is -2.06. The SMILES string of the molecule is I.NC(=NCCCNC(=O)c1ccccc1)Nc1ccccc1. The number of guanidine groups is 1. The zero-order chi connectivity index (χ0) is 15.6. The normalized spacial score (nSPS) is 10.5. The van der Waals surface area contributed by atoms with E-state index in [1.165, 1.54) is 0 Å². The van der Waals surface area contributed by atoms with Crippen LogP contribution in [-0.4, -0.2) is 25.0 Å². The number of hydrogen-bond acceptors (Lipinski definition) is 2. The molecule has 2 aromatic carbocycles. The van der Waals surface area contributed by atoms with Crippen LogP contribution in [0.2, 0.25) is 0 Å². The zero-order valence-corrected chi connectivity index (χ0v) is 15.1. The molecule has 0 spiro atoms. The Balaban J connectivity index is 0.00000264. The van der Waals surface area contributed by atoms with Crippen LogP contribution in [-0.2, 0) is 0 Å². The first-order valence-electron chi connectivity index (χ1n) is 7.21. The maximum absolute atomic E-state index is 11.8. The van der Waals surface area contributed by atoms with Gasteiger partial charge in [0.25, 0.3) is 5.91 Å². The van der Waals surface area contributed by atoms with Gasteiger partial charge in [0, 0.05) is 24.3 Å². The van der Waals surface area contributed by atoms with E-state index < -0.39 is 0 Å². The lowest BCUT2D eigenvalue weighted by atomic mass is 10.2. The minimum atomic E-state index is -0.0695. The number of rotatable bonds is 6. The molecule has 0 aliphatic heterocycles. The highest BCUT2D eigenvalue weighted by Gasteiger charge is 2.02. The minimum absolute atomic E-state index is 0. The summed E-state index contributed by atoms with van der Waals surface area (Å²) in [5.74, 6) is 0.306. The smallest absolute Gasteiger partial charge is 0.251 e. The number of nitrogens with two attached hydrogens (primary N) is 1. The molecule has 122 valence electrons. The average molecular weight is 424 g/mol. The molecule has 0 radical (unpaired) electrons. The van der Waals surface area contributed by atoms with Crippen molar-refractivity contribution in [2.45, 2.75) is 6.42 Å². The summed E-state index contributed by atoms with van der Waals surface area (Å²) in [6, 6.07) is 18.8. The molecule has 0 bridgehead atoms. The monoisotopic (exact) mass is 424 g/mol. The van der Waals surface area contributed by atoms with Gasteiger partial charge in [0.15, 0.2) is 5.96 Å². The highest BCUT2D eigenvalue weighted by Crippen LogP contribution is 2.03. The van der Waals surface area contributed by atoms with E-state index in [9.17, 15) is 4.79 Å². The number of anilines is 1. The predicted molar refractivity (Wildman–Crippen MR) is 105 cm³/mol. The van der Waals surface area contributed by atoms with Crippen molar-refractivity contribution in [2.24, 2.45) is 10.7 Å². The Morgan fingerprint density at radius 2 is 1.61 bits per heavy atom. The second kappa shape index (κ2) is 10.6. The summed E-state index contributed by atoms with van der Waals surface area (Å²) in [5.41, 5.74) is 7.36. The largest absolute Gasteiger partial charge is 0.370 e. The number of carbonyl (C=O) groups is 1. The third kappa shape index (κ3) is 7.14. The molecular weight excluding hydrogens is 403 g/mol. The Morgan fingerprint density at radius 1 is 1.00 bits per heavy atom. The Hall–Kier alpha value is -2.09. The Labute approximate surface area is 153 Å². The number of hydrogen-bond donors (Lipinski definition) is 3. The summed E-state index contributed by atoms with van der Waals surface area (Å²) in [4.78, 5) is 16.0. The van der Waals surface area contributed by atoms with Crippen molar-refractivity contribution in [1.82, 2.24) is 5.32 Å². The summed E-state index contributed by atoms with van der Waals surface area (Å²) >= 11 is 0. The number of benzene rings is 2. The summed E-state index contributed by atoms with van der Waals surface area (Å²) in [6.45, 7) is 1.12. The van der Waals surface area contributed by atoms with Crippen molar-refractivity contribution in [2.75, 3.05) is 18.4 Å². The van der Waals surface area contributed by atoms with E-state index in [0.717, 1.165) is 12.1 Å². The quantitative estimate of drug-likeness (QED) is 0.289. The molecule has 0 fully saturated rings. The summed E-state index contributed by atoms with van der Waals surface area (Å²) < 4.78 is 0. The third-order valence-electron chi connectivity index (χ3n) is 2.98. The number of carbonyl (C=O) groups excluding carboxylic acids is 1. The maximum atomic E-state index is 11.8. The van der Waals surface area contributed by atoms with Crippen LogP contribution in [0, 0.1) is 0 Å². The molecule has 0 aliphatic carbocycles. The zero-order valence-electron chi connectivity index (χ0n) is 12.7. The van der Waals surface area contributed by atoms with Gasteiger partial charge in [-0.05, 0) is 30.7 Å². The van der Waals surface area contributed by atoms with Gasteiger partial charge in [-0.25, -0.2) is 0 Å². The van der Waals surface area contributed by atoms with Crippen LogP contribution in [0.5, 0.6) is 0 Å². The molecule has 0 heterocycles. The van der Waals surface area contributed by atoms with Crippen molar-refractivity contribution >= 4 is 41.5 Å². The lowest BCUT2D eigenvalue weighted by Crippen LogP contribution is -2.26. The molecule has 0 aliphatic rings. The van der Waals surface area contributed by atoms with E-state index in [2.05, 4.69) is 15.6 Å². The average Bonchev–Trinajstić information content (AvgIpc) is 2.56. The van der Waals surface area contributed by atoms with Gasteiger partial charge < -0.3 is 16.4 Å². The molecule has 0 unspecified atom stereocenters. The van der Waals surface area contributed by atoms with Crippen LogP contribution >= 0.6 is 24.0 Å². The Kier molecular flexibility index (Phi) is 8.74. The van der Waals surface area contributed by atoms with Crippen molar-refractivity contribution in [3.8, 4) is 0 Å². The van der Waals surface area contributed by atoms with Gasteiger partial charge in [-0.2, -0.15) is 0 Å². The van der Waals surface area contributed by atoms with Crippen LogP contribution in [0.25, 0.3) is 0 Å². The fourth-order valence-corrected chi connectivity index (χ4v) is 1.88. The van der Waals surface area contributed by atoms with Gasteiger partial charge in [0.05, 0.1) is 0 Å². The fourth-order valence-electron chi connectivity index (χ4n) is 1.88. The molecule has 2 aromatic rings. The van der Waals surface area contributed by atoms with E-state index in [0.29, 0.717) is 24.6 Å². The van der Waals surface area contributed by atoms with Gasteiger partial charge in [-0.15, -0.1) is 24.0 Å². The van der Waals surface area contributed by atoms with E-state index in [-0.39, 0.29) is 29.9 Å². The van der Waals surface area contributed by atoms with Crippen LogP contribution in [0.4, 0.5) is 5.69 Å². The van der Waals surface area contributed by atoms with Crippen molar-refractivity contribution < 1.29 is 4.79 Å². The number of para-hydroxylation sites is 1. The van der Waals surface area contributed by atoms with Crippen molar-refractivity contribution in [3.05, 3.63) is 66.2 Å². The molecule has 0 atom stereocenters. The summed E-state index contributed by atoms with van der Waals surface area (Å²) in [6.07, 6.45) is 0.732. The number of amides is 1. The van der Waals surface area contributed by atoms with E-state index >= 15 is 0 Å². The Bertz CT molecular complexity index is 617. The van der Waals surface area contributed by atoms with Gasteiger partial charge >= 0.3 is 0 Å². The van der Waals surface area contributed by atoms with Gasteiger partial charge in [-0.1, -0.05) is 36.4 Å². The van der Waals surface area contributed by atoms with E-state index in [1.54, 1.807) is 12.1 Å². The van der Waals surface area contributed by atoms with Gasteiger partial charge in [0.1, 0.15) is 0 Å². The Morgan fingerprint density at radius 3 is 2.26 bits per heavy atom. The minimum Gasteiger partial charge on any atom is -0.370 e.